The number of anilines is 3. The number of nitrogens with one attached hydrogen (secondary N) is 1. The lowest BCUT2D eigenvalue weighted by Gasteiger charge is -2.38. The van der Waals surface area contributed by atoms with Gasteiger partial charge in [-0.3, -0.25) is 9.69 Å². The van der Waals surface area contributed by atoms with Crippen molar-refractivity contribution in [3.8, 4) is 0 Å². The van der Waals surface area contributed by atoms with Crippen molar-refractivity contribution in [3.63, 3.8) is 0 Å². The van der Waals surface area contributed by atoms with E-state index in [1.165, 1.54) is 0 Å². The lowest BCUT2D eigenvalue weighted by Crippen LogP contribution is -2.43. The fraction of sp³-hybridized carbons (Fsp3) is 0.0500. The van der Waals surface area contributed by atoms with Crippen molar-refractivity contribution < 1.29 is 4.79 Å². The molecule has 0 saturated carbocycles. The summed E-state index contributed by atoms with van der Waals surface area (Å²) in [5.41, 5.74) is 9.82. The largest absolute Gasteiger partial charge is 0.399 e. The van der Waals surface area contributed by atoms with E-state index in [9.17, 15) is 4.79 Å². The molecule has 1 amide bonds. The van der Waals surface area contributed by atoms with Gasteiger partial charge in [0.15, 0.2) is 0 Å². The first-order valence-corrected chi connectivity index (χ1v) is 7.83. The van der Waals surface area contributed by atoms with Crippen molar-refractivity contribution in [2.45, 2.75) is 6.17 Å². The Kier molecular flexibility index (Phi) is 3.43. The molecule has 1 unspecified atom stereocenters. The number of nitrogen functional groups attached to an aromatic ring is 1. The molecule has 3 N–H and O–H groups in total. The molecule has 0 spiro atoms. The van der Waals surface area contributed by atoms with Gasteiger partial charge < -0.3 is 11.1 Å². The summed E-state index contributed by atoms with van der Waals surface area (Å²) < 4.78 is 0. The minimum atomic E-state index is -0.266. The van der Waals surface area contributed by atoms with Gasteiger partial charge in [0, 0.05) is 17.1 Å². The van der Waals surface area contributed by atoms with Crippen LogP contribution in [0.5, 0.6) is 0 Å². The van der Waals surface area contributed by atoms with Crippen LogP contribution in [0.25, 0.3) is 0 Å². The Morgan fingerprint density at radius 2 is 1.50 bits per heavy atom. The van der Waals surface area contributed by atoms with E-state index in [0.717, 1.165) is 16.9 Å². The highest BCUT2D eigenvalue weighted by Gasteiger charge is 2.33. The summed E-state index contributed by atoms with van der Waals surface area (Å²) in [6.07, 6.45) is -0.266. The molecule has 3 aromatic rings. The smallest absolute Gasteiger partial charge is 0.262 e. The SMILES string of the molecule is Nc1ccc(N2C(=O)c3ccccc3NC2c2ccccc2)cc1. The lowest BCUT2D eigenvalue weighted by molar-refractivity contribution is 0.0975. The summed E-state index contributed by atoms with van der Waals surface area (Å²) in [6, 6.07) is 24.9. The molecular weight excluding hydrogens is 298 g/mol. The zero-order valence-electron chi connectivity index (χ0n) is 13.0. The topological polar surface area (TPSA) is 58.4 Å². The Bertz CT molecular complexity index is 875. The number of benzene rings is 3. The number of hydrogen-bond donors (Lipinski definition) is 2. The van der Waals surface area contributed by atoms with E-state index in [-0.39, 0.29) is 12.1 Å². The van der Waals surface area contributed by atoms with Crippen molar-refractivity contribution in [1.82, 2.24) is 0 Å². The zero-order valence-corrected chi connectivity index (χ0v) is 13.0. The second-order valence-corrected chi connectivity index (χ2v) is 5.77. The van der Waals surface area contributed by atoms with Crippen LogP contribution in [-0.4, -0.2) is 5.91 Å². The summed E-state index contributed by atoms with van der Waals surface area (Å²) in [6.45, 7) is 0. The highest BCUT2D eigenvalue weighted by molar-refractivity contribution is 6.12. The number of carbonyl (C=O) groups is 1. The molecule has 4 nitrogen and oxygen atoms in total. The molecule has 118 valence electrons. The van der Waals surface area contributed by atoms with E-state index in [1.54, 1.807) is 4.90 Å². The fourth-order valence-electron chi connectivity index (χ4n) is 3.02. The average molecular weight is 315 g/mol. The van der Waals surface area contributed by atoms with Crippen molar-refractivity contribution in [3.05, 3.63) is 90.0 Å². The van der Waals surface area contributed by atoms with E-state index in [0.29, 0.717) is 11.3 Å². The first kappa shape index (κ1) is 14.3. The molecular formula is C20H17N3O. The molecule has 1 atom stereocenters. The van der Waals surface area contributed by atoms with Crippen LogP contribution in [0.3, 0.4) is 0 Å². The number of rotatable bonds is 2. The minimum absolute atomic E-state index is 0.0250. The Morgan fingerprint density at radius 1 is 0.833 bits per heavy atom. The molecule has 4 rings (SSSR count). The van der Waals surface area contributed by atoms with E-state index in [4.69, 9.17) is 5.73 Å². The van der Waals surface area contributed by atoms with Gasteiger partial charge in [0.05, 0.1) is 5.56 Å². The maximum atomic E-state index is 13.1. The number of para-hydroxylation sites is 1. The van der Waals surface area contributed by atoms with Crippen LogP contribution < -0.4 is 16.0 Å². The van der Waals surface area contributed by atoms with Gasteiger partial charge in [-0.2, -0.15) is 0 Å². The quantitative estimate of drug-likeness (QED) is 0.702. The van der Waals surface area contributed by atoms with Gasteiger partial charge in [-0.25, -0.2) is 0 Å². The fourth-order valence-corrected chi connectivity index (χ4v) is 3.02. The van der Waals surface area contributed by atoms with Crippen molar-refractivity contribution in [2.24, 2.45) is 0 Å². The van der Waals surface area contributed by atoms with Gasteiger partial charge in [0.2, 0.25) is 0 Å². The van der Waals surface area contributed by atoms with Gasteiger partial charge >= 0.3 is 0 Å². The average Bonchev–Trinajstić information content (AvgIpc) is 2.63. The summed E-state index contributed by atoms with van der Waals surface area (Å²) in [5, 5.41) is 3.48. The summed E-state index contributed by atoms with van der Waals surface area (Å²) in [4.78, 5) is 14.9. The molecule has 0 aromatic heterocycles. The molecule has 0 saturated heterocycles. The van der Waals surface area contributed by atoms with Gasteiger partial charge in [-0.15, -0.1) is 0 Å². The van der Waals surface area contributed by atoms with Crippen LogP contribution in [0, 0.1) is 0 Å². The van der Waals surface area contributed by atoms with E-state index >= 15 is 0 Å². The van der Waals surface area contributed by atoms with Crippen molar-refractivity contribution in [2.75, 3.05) is 16.0 Å². The molecule has 0 fully saturated rings. The van der Waals surface area contributed by atoms with Gasteiger partial charge in [0.25, 0.3) is 5.91 Å². The normalized spacial score (nSPS) is 16.4. The molecule has 0 aliphatic carbocycles. The number of nitrogens with two attached hydrogens (primary N) is 1. The molecule has 4 heteroatoms. The minimum Gasteiger partial charge on any atom is -0.399 e. The van der Waals surface area contributed by atoms with Crippen LogP contribution in [-0.2, 0) is 0 Å². The second kappa shape index (κ2) is 5.74. The maximum absolute atomic E-state index is 13.1. The lowest BCUT2D eigenvalue weighted by atomic mass is 10.0. The summed E-state index contributed by atoms with van der Waals surface area (Å²) >= 11 is 0. The number of nitrogens with zero attached hydrogens (tertiary/aromatic N) is 1. The molecule has 0 radical (unpaired) electrons. The van der Waals surface area contributed by atoms with Crippen LogP contribution >= 0.6 is 0 Å². The number of amides is 1. The van der Waals surface area contributed by atoms with E-state index in [2.05, 4.69) is 5.32 Å². The molecule has 1 aliphatic heterocycles. The Hall–Kier alpha value is -3.27. The van der Waals surface area contributed by atoms with Gasteiger partial charge in [-0.1, -0.05) is 42.5 Å². The highest BCUT2D eigenvalue weighted by Crippen LogP contribution is 2.36. The third-order valence-corrected chi connectivity index (χ3v) is 4.21. The predicted octanol–water partition coefficient (Wildman–Crippen LogP) is 4.04. The molecule has 0 bridgehead atoms. The molecule has 24 heavy (non-hydrogen) atoms. The first-order chi connectivity index (χ1) is 11.7. The van der Waals surface area contributed by atoms with Gasteiger partial charge in [-0.05, 0) is 42.0 Å². The van der Waals surface area contributed by atoms with E-state index in [1.807, 2.05) is 78.9 Å². The molecule has 1 heterocycles. The third kappa shape index (κ3) is 2.38. The summed E-state index contributed by atoms with van der Waals surface area (Å²) in [5.74, 6) is -0.0250. The Labute approximate surface area is 140 Å². The zero-order chi connectivity index (χ0) is 16.5. The summed E-state index contributed by atoms with van der Waals surface area (Å²) in [7, 11) is 0. The third-order valence-electron chi connectivity index (χ3n) is 4.21. The number of fused-ring (bicyclic) bond motifs is 1. The monoisotopic (exact) mass is 315 g/mol. The molecule has 3 aromatic carbocycles. The van der Waals surface area contributed by atoms with Crippen molar-refractivity contribution >= 4 is 23.0 Å². The Balaban J connectivity index is 1.86. The van der Waals surface area contributed by atoms with E-state index < -0.39 is 0 Å². The number of carbonyl (C=O) groups excluding carboxylic acids is 1. The first-order valence-electron chi connectivity index (χ1n) is 7.83. The van der Waals surface area contributed by atoms with Crippen molar-refractivity contribution in [1.29, 1.82) is 0 Å². The van der Waals surface area contributed by atoms with Crippen LogP contribution in [0.2, 0.25) is 0 Å². The second-order valence-electron chi connectivity index (χ2n) is 5.77. The van der Waals surface area contributed by atoms with Gasteiger partial charge in [0.1, 0.15) is 6.17 Å². The standard InChI is InChI=1S/C20H17N3O/c21-15-10-12-16(13-11-15)23-19(14-6-2-1-3-7-14)22-18-9-5-4-8-17(18)20(23)24/h1-13,19,22H,21H2. The van der Waals surface area contributed by atoms with Crippen LogP contribution in [0.15, 0.2) is 78.9 Å². The Morgan fingerprint density at radius 3 is 2.25 bits per heavy atom. The number of hydrogen-bond acceptors (Lipinski definition) is 3. The maximum Gasteiger partial charge on any atom is 0.262 e. The molecule has 1 aliphatic rings. The van der Waals surface area contributed by atoms with Crippen LogP contribution in [0.1, 0.15) is 22.1 Å². The highest BCUT2D eigenvalue weighted by atomic mass is 16.2. The predicted molar refractivity (Wildman–Crippen MR) is 96.9 cm³/mol. The van der Waals surface area contributed by atoms with Crippen LogP contribution in [0.4, 0.5) is 17.1 Å².